The van der Waals surface area contributed by atoms with Gasteiger partial charge in [-0.3, -0.25) is 9.59 Å². The summed E-state index contributed by atoms with van der Waals surface area (Å²) < 4.78 is 39.1. The van der Waals surface area contributed by atoms with Crippen LogP contribution >= 0.6 is 15.9 Å². The van der Waals surface area contributed by atoms with Crippen LogP contribution < -0.4 is 10.9 Å². The van der Waals surface area contributed by atoms with Crippen LogP contribution in [-0.4, -0.2) is 10.5 Å². The van der Waals surface area contributed by atoms with E-state index in [0.717, 1.165) is 24.3 Å². The zero-order chi connectivity index (χ0) is 16.3. The van der Waals surface area contributed by atoms with E-state index in [1.165, 1.54) is 16.8 Å². The molecular formula is C14H10BrF3N2O2. The van der Waals surface area contributed by atoms with Gasteiger partial charge in [0.25, 0.3) is 5.56 Å². The van der Waals surface area contributed by atoms with Crippen molar-refractivity contribution in [1.82, 2.24) is 4.57 Å². The molecule has 1 aromatic heterocycles. The van der Waals surface area contributed by atoms with Crippen LogP contribution in [0.25, 0.3) is 0 Å². The summed E-state index contributed by atoms with van der Waals surface area (Å²) in [5.41, 5.74) is -0.930. The number of rotatable bonds is 3. The lowest BCUT2D eigenvalue weighted by molar-refractivity contribution is -0.137. The summed E-state index contributed by atoms with van der Waals surface area (Å²) >= 11 is 3.18. The summed E-state index contributed by atoms with van der Waals surface area (Å²) in [7, 11) is 0. The molecule has 1 heterocycles. The summed E-state index contributed by atoms with van der Waals surface area (Å²) in [5, 5.41) is 2.43. The number of nitrogens with one attached hydrogen (secondary N) is 1. The van der Waals surface area contributed by atoms with Crippen LogP contribution in [0, 0.1) is 0 Å². The Hall–Kier alpha value is -2.09. The number of hydrogen-bond donors (Lipinski definition) is 1. The SMILES string of the molecule is O=C(Cn1cc(Br)ccc1=O)Nc1ccc(C(F)(F)F)cc1. The third-order valence-corrected chi connectivity index (χ3v) is 3.23. The number of carbonyl (C=O) groups is 1. The van der Waals surface area contributed by atoms with Crippen molar-refractivity contribution in [3.05, 3.63) is 63.0 Å². The number of pyridine rings is 1. The van der Waals surface area contributed by atoms with Crippen molar-refractivity contribution in [3.8, 4) is 0 Å². The highest BCUT2D eigenvalue weighted by molar-refractivity contribution is 9.10. The van der Waals surface area contributed by atoms with Crippen LogP contribution in [0.2, 0.25) is 0 Å². The second-order valence-corrected chi connectivity index (χ2v) is 5.35. The minimum absolute atomic E-state index is 0.223. The summed E-state index contributed by atoms with van der Waals surface area (Å²) in [6.07, 6.45) is -2.97. The van der Waals surface area contributed by atoms with Crippen molar-refractivity contribution in [1.29, 1.82) is 0 Å². The van der Waals surface area contributed by atoms with Gasteiger partial charge < -0.3 is 9.88 Å². The molecule has 8 heteroatoms. The van der Waals surface area contributed by atoms with E-state index in [0.29, 0.717) is 4.47 Å². The lowest BCUT2D eigenvalue weighted by Crippen LogP contribution is -2.26. The second kappa shape index (κ2) is 6.35. The van der Waals surface area contributed by atoms with Gasteiger partial charge in [0.15, 0.2) is 0 Å². The predicted octanol–water partition coefficient (Wildman–Crippen LogP) is 3.27. The van der Waals surface area contributed by atoms with Gasteiger partial charge >= 0.3 is 6.18 Å². The number of nitrogens with zero attached hydrogens (tertiary/aromatic N) is 1. The molecule has 116 valence electrons. The minimum atomic E-state index is -4.42. The van der Waals surface area contributed by atoms with E-state index >= 15 is 0 Å². The maximum atomic E-state index is 12.4. The van der Waals surface area contributed by atoms with Crippen LogP contribution in [0.4, 0.5) is 18.9 Å². The van der Waals surface area contributed by atoms with Crippen molar-refractivity contribution >= 4 is 27.5 Å². The predicted molar refractivity (Wildman–Crippen MR) is 78.5 cm³/mol. The maximum absolute atomic E-state index is 12.4. The van der Waals surface area contributed by atoms with Crippen molar-refractivity contribution in [2.75, 3.05) is 5.32 Å². The standard InChI is InChI=1S/C14H10BrF3N2O2/c15-10-3-6-13(22)20(7-10)8-12(21)19-11-4-1-9(2-5-11)14(16,17)18/h1-7H,8H2,(H,19,21). The molecule has 0 spiro atoms. The minimum Gasteiger partial charge on any atom is -0.325 e. The zero-order valence-electron chi connectivity index (χ0n) is 11.0. The molecule has 0 aliphatic carbocycles. The van der Waals surface area contributed by atoms with Crippen LogP contribution in [0.5, 0.6) is 0 Å². The highest BCUT2D eigenvalue weighted by Gasteiger charge is 2.29. The topological polar surface area (TPSA) is 51.1 Å². The molecule has 1 N–H and O–H groups in total. The van der Waals surface area contributed by atoms with Gasteiger partial charge in [0.05, 0.1) is 5.56 Å². The fourth-order valence-corrected chi connectivity index (χ4v) is 2.10. The highest BCUT2D eigenvalue weighted by Crippen LogP contribution is 2.29. The first-order chi connectivity index (χ1) is 10.3. The van der Waals surface area contributed by atoms with Gasteiger partial charge in [-0.25, -0.2) is 0 Å². The number of benzene rings is 1. The summed E-state index contributed by atoms with van der Waals surface area (Å²) in [4.78, 5) is 23.4. The Labute approximate surface area is 131 Å². The van der Waals surface area contributed by atoms with Gasteiger partial charge in [0.1, 0.15) is 6.54 Å². The van der Waals surface area contributed by atoms with E-state index in [1.807, 2.05) is 0 Å². The van der Waals surface area contributed by atoms with Gasteiger partial charge in [-0.05, 0) is 46.3 Å². The van der Waals surface area contributed by atoms with Gasteiger partial charge in [-0.1, -0.05) is 0 Å². The van der Waals surface area contributed by atoms with Crippen molar-refractivity contribution in [2.45, 2.75) is 12.7 Å². The van der Waals surface area contributed by atoms with Gasteiger partial charge in [-0.15, -0.1) is 0 Å². The molecular weight excluding hydrogens is 365 g/mol. The normalized spacial score (nSPS) is 11.3. The van der Waals surface area contributed by atoms with Crippen LogP contribution in [-0.2, 0) is 17.5 Å². The second-order valence-electron chi connectivity index (χ2n) is 4.44. The van der Waals surface area contributed by atoms with Crippen LogP contribution in [0.1, 0.15) is 5.56 Å². The third-order valence-electron chi connectivity index (χ3n) is 2.76. The molecule has 0 bridgehead atoms. The average molecular weight is 375 g/mol. The quantitative estimate of drug-likeness (QED) is 0.896. The first-order valence-corrected chi connectivity index (χ1v) is 6.88. The van der Waals surface area contributed by atoms with E-state index in [9.17, 15) is 22.8 Å². The Morgan fingerprint density at radius 2 is 1.77 bits per heavy atom. The number of hydrogen-bond acceptors (Lipinski definition) is 2. The first-order valence-electron chi connectivity index (χ1n) is 6.09. The van der Waals surface area contributed by atoms with Crippen molar-refractivity contribution in [3.63, 3.8) is 0 Å². The molecule has 0 atom stereocenters. The molecule has 2 rings (SSSR count). The number of anilines is 1. The lowest BCUT2D eigenvalue weighted by atomic mass is 10.2. The summed E-state index contributed by atoms with van der Waals surface area (Å²) in [5.74, 6) is -0.514. The summed E-state index contributed by atoms with van der Waals surface area (Å²) in [6, 6.07) is 6.92. The smallest absolute Gasteiger partial charge is 0.325 e. The molecule has 1 aromatic carbocycles. The van der Waals surface area contributed by atoms with Crippen LogP contribution in [0.15, 0.2) is 51.9 Å². The molecule has 0 unspecified atom stereocenters. The molecule has 1 amide bonds. The van der Waals surface area contributed by atoms with Gasteiger partial charge in [0.2, 0.25) is 5.91 Å². The Bertz CT molecular complexity index is 739. The molecule has 0 aliphatic heterocycles. The maximum Gasteiger partial charge on any atom is 0.416 e. The van der Waals surface area contributed by atoms with Gasteiger partial charge in [0, 0.05) is 22.4 Å². The average Bonchev–Trinajstić information content (AvgIpc) is 2.42. The largest absolute Gasteiger partial charge is 0.416 e. The number of halogens is 4. The third kappa shape index (κ3) is 4.20. The Kier molecular flexibility index (Phi) is 4.70. The number of amides is 1. The monoisotopic (exact) mass is 374 g/mol. The first kappa shape index (κ1) is 16.3. The molecule has 0 saturated carbocycles. The molecule has 0 radical (unpaired) electrons. The highest BCUT2D eigenvalue weighted by atomic mass is 79.9. The molecule has 0 aliphatic rings. The molecule has 22 heavy (non-hydrogen) atoms. The van der Waals surface area contributed by atoms with E-state index < -0.39 is 17.6 Å². The Morgan fingerprint density at radius 1 is 1.14 bits per heavy atom. The molecule has 2 aromatic rings. The summed E-state index contributed by atoms with van der Waals surface area (Å²) in [6.45, 7) is -0.237. The van der Waals surface area contributed by atoms with E-state index in [1.54, 1.807) is 6.07 Å². The number of alkyl halides is 3. The fourth-order valence-electron chi connectivity index (χ4n) is 1.72. The number of aromatic nitrogens is 1. The van der Waals surface area contributed by atoms with Gasteiger partial charge in [-0.2, -0.15) is 13.2 Å². The van der Waals surface area contributed by atoms with Crippen molar-refractivity contribution in [2.24, 2.45) is 0 Å². The van der Waals surface area contributed by atoms with E-state index in [-0.39, 0.29) is 17.8 Å². The Balaban J connectivity index is 2.06. The van der Waals surface area contributed by atoms with E-state index in [4.69, 9.17) is 0 Å². The molecule has 0 saturated heterocycles. The number of carbonyl (C=O) groups excluding carboxylic acids is 1. The molecule has 0 fully saturated rings. The molecule has 4 nitrogen and oxygen atoms in total. The van der Waals surface area contributed by atoms with E-state index in [2.05, 4.69) is 21.2 Å². The lowest BCUT2D eigenvalue weighted by Gasteiger charge is -2.10. The zero-order valence-corrected chi connectivity index (χ0v) is 12.6. The fraction of sp³-hybridized carbons (Fsp3) is 0.143. The van der Waals surface area contributed by atoms with Crippen LogP contribution in [0.3, 0.4) is 0 Å². The van der Waals surface area contributed by atoms with Crippen molar-refractivity contribution < 1.29 is 18.0 Å². The Morgan fingerprint density at radius 3 is 2.36 bits per heavy atom.